The number of hydrogen-bond donors (Lipinski definition) is 1. The van der Waals surface area contributed by atoms with Crippen LogP contribution in [-0.2, 0) is 4.79 Å². The molecule has 1 atom stereocenters. The van der Waals surface area contributed by atoms with Gasteiger partial charge in [-0.3, -0.25) is 4.79 Å². The van der Waals surface area contributed by atoms with Crippen LogP contribution in [0.1, 0.15) is 46.0 Å². The largest absolute Gasteiger partial charge is 0.383 e. The fraction of sp³-hybridized carbons (Fsp3) is 0.917. The number of nitrogens with zero attached hydrogens (tertiary/aromatic N) is 1. The summed E-state index contributed by atoms with van der Waals surface area (Å²) in [6.07, 6.45) is 5.20. The number of aliphatic hydroxyl groups excluding tert-OH is 1. The molecule has 0 aromatic heterocycles. The van der Waals surface area contributed by atoms with Crippen molar-refractivity contribution in [1.29, 1.82) is 0 Å². The zero-order chi connectivity index (χ0) is 11.1. The summed E-state index contributed by atoms with van der Waals surface area (Å²) in [6.45, 7) is 4.66. The van der Waals surface area contributed by atoms with Crippen LogP contribution in [0.5, 0.6) is 0 Å². The van der Waals surface area contributed by atoms with Gasteiger partial charge in [-0.1, -0.05) is 33.1 Å². The molecule has 2 rings (SSSR count). The predicted molar refractivity (Wildman–Crippen MR) is 58.4 cm³/mol. The molecule has 15 heavy (non-hydrogen) atoms. The molecule has 0 bridgehead atoms. The van der Waals surface area contributed by atoms with E-state index in [2.05, 4.69) is 0 Å². The molecule has 3 heteroatoms. The lowest BCUT2D eigenvalue weighted by Crippen LogP contribution is -2.39. The monoisotopic (exact) mass is 211 g/mol. The van der Waals surface area contributed by atoms with E-state index in [0.717, 1.165) is 19.4 Å². The van der Waals surface area contributed by atoms with E-state index in [9.17, 15) is 9.90 Å². The molecule has 2 fully saturated rings. The minimum Gasteiger partial charge on any atom is -0.383 e. The van der Waals surface area contributed by atoms with E-state index in [0.29, 0.717) is 6.04 Å². The number of hydrogen-bond acceptors (Lipinski definition) is 2. The predicted octanol–water partition coefficient (Wildman–Crippen LogP) is 1.55. The maximum absolute atomic E-state index is 11.9. The summed E-state index contributed by atoms with van der Waals surface area (Å²) in [5.74, 6) is -0.0492. The van der Waals surface area contributed by atoms with E-state index < -0.39 is 6.10 Å². The number of amides is 1. The average molecular weight is 211 g/mol. The van der Waals surface area contributed by atoms with Gasteiger partial charge < -0.3 is 10.0 Å². The molecular weight excluding hydrogens is 190 g/mol. The van der Waals surface area contributed by atoms with E-state index in [1.54, 1.807) is 0 Å². The highest BCUT2D eigenvalue weighted by Crippen LogP contribution is 2.35. The van der Waals surface area contributed by atoms with Gasteiger partial charge in [0.1, 0.15) is 6.10 Å². The van der Waals surface area contributed by atoms with Crippen molar-refractivity contribution in [2.45, 2.75) is 58.1 Å². The summed E-state index contributed by atoms with van der Waals surface area (Å²) in [5.41, 5.74) is -0.269. The molecule has 1 saturated carbocycles. The van der Waals surface area contributed by atoms with Crippen LogP contribution in [0.2, 0.25) is 0 Å². The number of aliphatic hydroxyl groups is 1. The maximum Gasteiger partial charge on any atom is 0.252 e. The minimum absolute atomic E-state index is 0.0492. The first-order valence-corrected chi connectivity index (χ1v) is 6.01. The molecule has 1 N–H and O–H groups in total. The van der Waals surface area contributed by atoms with Gasteiger partial charge in [0.25, 0.3) is 5.91 Å². The van der Waals surface area contributed by atoms with Gasteiger partial charge in [0, 0.05) is 18.0 Å². The molecule has 1 aliphatic carbocycles. The topological polar surface area (TPSA) is 40.5 Å². The number of carbonyl (C=O) groups is 1. The quantitative estimate of drug-likeness (QED) is 0.715. The lowest BCUT2D eigenvalue weighted by atomic mass is 9.90. The normalized spacial score (nSPS) is 32.3. The van der Waals surface area contributed by atoms with Gasteiger partial charge in [-0.25, -0.2) is 0 Å². The molecule has 1 amide bonds. The van der Waals surface area contributed by atoms with E-state index in [4.69, 9.17) is 0 Å². The Morgan fingerprint density at radius 3 is 2.33 bits per heavy atom. The van der Waals surface area contributed by atoms with E-state index in [1.165, 1.54) is 19.3 Å². The van der Waals surface area contributed by atoms with Crippen LogP contribution >= 0.6 is 0 Å². The van der Waals surface area contributed by atoms with Crippen molar-refractivity contribution in [3.05, 3.63) is 0 Å². The van der Waals surface area contributed by atoms with Crippen LogP contribution in [-0.4, -0.2) is 34.6 Å². The van der Waals surface area contributed by atoms with Gasteiger partial charge in [0.2, 0.25) is 0 Å². The Bertz CT molecular complexity index is 256. The van der Waals surface area contributed by atoms with Gasteiger partial charge in [0.15, 0.2) is 0 Å². The number of carbonyl (C=O) groups excluding carboxylic acids is 1. The van der Waals surface area contributed by atoms with Gasteiger partial charge in [-0.15, -0.1) is 0 Å². The third kappa shape index (κ3) is 1.89. The van der Waals surface area contributed by atoms with Gasteiger partial charge >= 0.3 is 0 Å². The van der Waals surface area contributed by atoms with Crippen molar-refractivity contribution < 1.29 is 9.90 Å². The number of rotatable bonds is 1. The summed E-state index contributed by atoms with van der Waals surface area (Å²) < 4.78 is 0. The van der Waals surface area contributed by atoms with Crippen molar-refractivity contribution in [1.82, 2.24) is 4.90 Å². The molecule has 0 aromatic carbocycles. The first-order chi connectivity index (χ1) is 7.02. The molecule has 0 radical (unpaired) electrons. The van der Waals surface area contributed by atoms with E-state index in [1.807, 2.05) is 18.7 Å². The molecule has 0 aromatic rings. The second-order valence-electron chi connectivity index (χ2n) is 5.65. The third-order valence-corrected chi connectivity index (χ3v) is 3.85. The van der Waals surface area contributed by atoms with Crippen LogP contribution in [0.25, 0.3) is 0 Å². The van der Waals surface area contributed by atoms with Crippen LogP contribution in [0.15, 0.2) is 0 Å². The highest BCUT2D eigenvalue weighted by Gasteiger charge is 2.47. The first-order valence-electron chi connectivity index (χ1n) is 6.01. The van der Waals surface area contributed by atoms with Gasteiger partial charge in [-0.2, -0.15) is 0 Å². The fourth-order valence-electron chi connectivity index (χ4n) is 2.80. The number of likely N-dealkylation sites (tertiary alicyclic amines) is 1. The van der Waals surface area contributed by atoms with Crippen LogP contribution < -0.4 is 0 Å². The second kappa shape index (κ2) is 3.78. The Morgan fingerprint density at radius 1 is 1.27 bits per heavy atom. The van der Waals surface area contributed by atoms with Crippen LogP contribution in [0, 0.1) is 5.41 Å². The Hall–Kier alpha value is -0.570. The van der Waals surface area contributed by atoms with E-state index >= 15 is 0 Å². The molecule has 1 saturated heterocycles. The molecule has 3 nitrogen and oxygen atoms in total. The van der Waals surface area contributed by atoms with Crippen molar-refractivity contribution in [2.75, 3.05) is 6.54 Å². The molecular formula is C12H21NO2. The van der Waals surface area contributed by atoms with Crippen molar-refractivity contribution in [3.63, 3.8) is 0 Å². The second-order valence-corrected chi connectivity index (χ2v) is 5.65. The Labute approximate surface area is 91.5 Å². The lowest BCUT2D eigenvalue weighted by molar-refractivity contribution is -0.138. The molecule has 0 spiro atoms. The van der Waals surface area contributed by atoms with Gasteiger partial charge in [-0.05, 0) is 12.8 Å². The standard InChI is InChI=1S/C12H21NO2/c1-12(2)8-13(11(15)10(12)14)9-6-4-3-5-7-9/h9-10,14H,3-8H2,1-2H3. The summed E-state index contributed by atoms with van der Waals surface area (Å²) in [5, 5.41) is 9.84. The Balaban J connectivity index is 2.07. The van der Waals surface area contributed by atoms with Crippen molar-refractivity contribution >= 4 is 5.91 Å². The summed E-state index contributed by atoms with van der Waals surface area (Å²) >= 11 is 0. The van der Waals surface area contributed by atoms with E-state index in [-0.39, 0.29) is 11.3 Å². The molecule has 1 unspecified atom stereocenters. The molecule has 2 aliphatic rings. The zero-order valence-electron chi connectivity index (χ0n) is 9.70. The average Bonchev–Trinajstić information content (AvgIpc) is 2.44. The maximum atomic E-state index is 11.9. The summed E-state index contributed by atoms with van der Waals surface area (Å²) in [6, 6.07) is 0.391. The Morgan fingerprint density at radius 2 is 1.87 bits per heavy atom. The molecule has 1 heterocycles. The highest BCUT2D eigenvalue weighted by molar-refractivity contribution is 5.84. The summed E-state index contributed by atoms with van der Waals surface area (Å²) in [4.78, 5) is 13.8. The third-order valence-electron chi connectivity index (χ3n) is 3.85. The zero-order valence-corrected chi connectivity index (χ0v) is 9.70. The lowest BCUT2D eigenvalue weighted by Gasteiger charge is -2.31. The van der Waals surface area contributed by atoms with Crippen LogP contribution in [0.4, 0.5) is 0 Å². The summed E-state index contributed by atoms with van der Waals surface area (Å²) in [7, 11) is 0. The smallest absolute Gasteiger partial charge is 0.252 e. The molecule has 1 aliphatic heterocycles. The first kappa shape index (κ1) is 10.9. The fourth-order valence-corrected chi connectivity index (χ4v) is 2.80. The van der Waals surface area contributed by atoms with Gasteiger partial charge in [0.05, 0.1) is 0 Å². The minimum atomic E-state index is -0.792. The highest BCUT2D eigenvalue weighted by atomic mass is 16.3. The van der Waals surface area contributed by atoms with Crippen LogP contribution in [0.3, 0.4) is 0 Å². The Kier molecular flexibility index (Phi) is 2.75. The SMILES string of the molecule is CC1(C)CN(C2CCCCC2)C(=O)C1O. The van der Waals surface area contributed by atoms with Crippen molar-refractivity contribution in [3.8, 4) is 0 Å². The molecule has 86 valence electrons. The van der Waals surface area contributed by atoms with Crippen molar-refractivity contribution in [2.24, 2.45) is 5.41 Å².